The third-order valence-electron chi connectivity index (χ3n) is 6.71. The first-order chi connectivity index (χ1) is 17.5. The fourth-order valence-corrected chi connectivity index (χ4v) is 6.82. The molecule has 1 spiro atoms. The second kappa shape index (κ2) is 11.2. The molecule has 0 unspecified atom stereocenters. The molecule has 12 nitrogen and oxygen atoms in total. The van der Waals surface area contributed by atoms with Gasteiger partial charge in [0, 0.05) is 42.5 Å². The predicted molar refractivity (Wildman–Crippen MR) is 131 cm³/mol. The van der Waals surface area contributed by atoms with E-state index in [0.717, 1.165) is 4.73 Å². The Labute approximate surface area is 216 Å². The van der Waals surface area contributed by atoms with Crippen LogP contribution < -0.4 is 19.5 Å². The highest BCUT2D eigenvalue weighted by Gasteiger charge is 2.45. The lowest BCUT2D eigenvalue weighted by molar-refractivity contribution is -0.906. The van der Waals surface area contributed by atoms with Crippen LogP contribution in [0.4, 0.5) is 0 Å². The Kier molecular flexibility index (Phi) is 8.38. The van der Waals surface area contributed by atoms with E-state index in [1.165, 1.54) is 48.0 Å². The number of aromatic nitrogens is 1. The van der Waals surface area contributed by atoms with E-state index in [1.807, 2.05) is 0 Å². The number of nitrogens with zero attached hydrogens (tertiary/aromatic N) is 2. The molecule has 2 saturated heterocycles. The third-order valence-corrected chi connectivity index (χ3v) is 10.0. The number of hydrogen-bond donors (Lipinski definition) is 4. The second-order valence-electron chi connectivity index (χ2n) is 9.27. The molecule has 0 radical (unpaired) electrons. The number of pyridine rings is 1. The minimum atomic E-state index is -3.71. The van der Waals surface area contributed by atoms with Crippen LogP contribution in [0.3, 0.4) is 0 Å². The van der Waals surface area contributed by atoms with Gasteiger partial charge in [-0.05, 0) is 44.5 Å². The molecule has 0 saturated carbocycles. The molecule has 0 aliphatic carbocycles. The summed E-state index contributed by atoms with van der Waals surface area (Å²) in [5.74, 6) is 0.338. The van der Waals surface area contributed by atoms with Gasteiger partial charge in [-0.25, -0.2) is 21.6 Å². The van der Waals surface area contributed by atoms with E-state index < -0.39 is 31.8 Å². The van der Waals surface area contributed by atoms with Crippen molar-refractivity contribution in [2.24, 2.45) is 0 Å². The Morgan fingerprint density at radius 1 is 1.19 bits per heavy atom. The highest BCUT2D eigenvalue weighted by atomic mass is 32.2. The highest BCUT2D eigenvalue weighted by Crippen LogP contribution is 2.37. The van der Waals surface area contributed by atoms with E-state index >= 15 is 0 Å². The third kappa shape index (κ3) is 6.57. The molecule has 2 atom stereocenters. The fourth-order valence-electron chi connectivity index (χ4n) is 4.61. The Balaban J connectivity index is 1.23. The molecule has 0 bridgehead atoms. The minimum Gasteiger partial charge on any atom is -0.491 e. The van der Waals surface area contributed by atoms with Gasteiger partial charge in [0.05, 0.1) is 17.1 Å². The maximum absolute atomic E-state index is 12.9. The number of rotatable bonds is 10. The number of aliphatic hydroxyl groups excluding tert-OH is 1. The summed E-state index contributed by atoms with van der Waals surface area (Å²) in [5.41, 5.74) is -0.419. The van der Waals surface area contributed by atoms with Crippen LogP contribution in [0.15, 0.2) is 58.6 Å². The molecule has 4 rings (SSSR count). The first kappa shape index (κ1) is 27.7. The zero-order valence-corrected chi connectivity index (χ0v) is 22.1. The van der Waals surface area contributed by atoms with Gasteiger partial charge in [-0.15, -0.1) is 0 Å². The average molecular weight is 558 g/mol. The lowest BCUT2D eigenvalue weighted by Gasteiger charge is -2.37. The molecule has 2 aliphatic rings. The van der Waals surface area contributed by atoms with Crippen LogP contribution in [0, 0.1) is 0 Å². The largest absolute Gasteiger partial charge is 0.491 e. The van der Waals surface area contributed by atoms with Crippen LogP contribution in [0.2, 0.25) is 0 Å². The average Bonchev–Trinajstić information content (AvgIpc) is 3.28. The van der Waals surface area contributed by atoms with E-state index in [4.69, 9.17) is 9.47 Å². The van der Waals surface area contributed by atoms with Gasteiger partial charge in [0.1, 0.15) is 18.5 Å². The number of nitrogens with one attached hydrogen (secondary N) is 2. The molecule has 2 aliphatic heterocycles. The molecule has 14 heteroatoms. The maximum atomic E-state index is 12.9. The van der Waals surface area contributed by atoms with Crippen molar-refractivity contribution in [3.63, 3.8) is 0 Å². The van der Waals surface area contributed by atoms with Crippen molar-refractivity contribution in [3.8, 4) is 5.75 Å². The monoisotopic (exact) mass is 557 g/mol. The SMILES string of the molecule is CNS(=O)(=O)c1cccc(OC[C@@H](O)CN[C@H]2COC3(CCN(S(=O)(=O)c4ccc[n+](O)c4)CC3)C2)c1. The Morgan fingerprint density at radius 3 is 2.62 bits per heavy atom. The number of piperidine rings is 1. The summed E-state index contributed by atoms with van der Waals surface area (Å²) in [5, 5.41) is 23.2. The molecule has 1 aromatic heterocycles. The van der Waals surface area contributed by atoms with E-state index in [9.17, 15) is 27.1 Å². The zero-order valence-electron chi connectivity index (χ0n) is 20.5. The van der Waals surface area contributed by atoms with Gasteiger partial charge in [0.25, 0.3) is 0 Å². The van der Waals surface area contributed by atoms with Gasteiger partial charge in [0.2, 0.25) is 32.4 Å². The van der Waals surface area contributed by atoms with Crippen molar-refractivity contribution in [1.82, 2.24) is 14.3 Å². The predicted octanol–water partition coefficient (Wildman–Crippen LogP) is -0.539. The molecular weight excluding hydrogens is 524 g/mol. The first-order valence-corrected chi connectivity index (χ1v) is 14.9. The van der Waals surface area contributed by atoms with Crippen molar-refractivity contribution < 1.29 is 41.4 Å². The van der Waals surface area contributed by atoms with Crippen molar-refractivity contribution in [2.75, 3.05) is 39.9 Å². The molecule has 204 valence electrons. The molecule has 3 heterocycles. The summed E-state index contributed by atoms with van der Waals surface area (Å²) in [7, 11) is -5.97. The molecule has 0 amide bonds. The van der Waals surface area contributed by atoms with Crippen LogP contribution in [0.5, 0.6) is 5.75 Å². The summed E-state index contributed by atoms with van der Waals surface area (Å²) >= 11 is 0. The molecule has 2 aromatic rings. The minimum absolute atomic E-state index is 0.00405. The van der Waals surface area contributed by atoms with Gasteiger partial charge in [-0.3, -0.25) is 5.21 Å². The number of hydrogen-bond acceptors (Lipinski definition) is 9. The second-order valence-corrected chi connectivity index (χ2v) is 13.1. The Morgan fingerprint density at radius 2 is 1.92 bits per heavy atom. The summed E-state index contributed by atoms with van der Waals surface area (Å²) < 4.78 is 65.7. The maximum Gasteiger partial charge on any atom is 0.249 e. The topological polar surface area (TPSA) is 158 Å². The molecule has 37 heavy (non-hydrogen) atoms. The van der Waals surface area contributed by atoms with E-state index in [0.29, 0.717) is 44.7 Å². The van der Waals surface area contributed by atoms with Gasteiger partial charge in [-0.1, -0.05) is 6.07 Å². The quantitative estimate of drug-likeness (QED) is 0.222. The fraction of sp³-hybridized carbons (Fsp3) is 0.522. The molecule has 4 N–H and O–H groups in total. The number of sulfonamides is 2. The van der Waals surface area contributed by atoms with Crippen molar-refractivity contribution >= 4 is 20.0 Å². The van der Waals surface area contributed by atoms with E-state index in [-0.39, 0.29) is 29.0 Å². The van der Waals surface area contributed by atoms with Gasteiger partial charge < -0.3 is 19.9 Å². The summed E-state index contributed by atoms with van der Waals surface area (Å²) in [4.78, 5) is 0.111. The van der Waals surface area contributed by atoms with Crippen molar-refractivity contribution in [2.45, 2.75) is 46.8 Å². The first-order valence-electron chi connectivity index (χ1n) is 12.0. The molecular formula is C23H33N4O8S2+. The van der Waals surface area contributed by atoms with E-state index in [1.54, 1.807) is 12.1 Å². The Bertz CT molecular complexity index is 1300. The summed E-state index contributed by atoms with van der Waals surface area (Å²) in [6.45, 7) is 1.32. The lowest BCUT2D eigenvalue weighted by atomic mass is 9.88. The Hall–Kier alpha value is -2.33. The zero-order chi connectivity index (χ0) is 26.7. The van der Waals surface area contributed by atoms with Gasteiger partial charge >= 0.3 is 0 Å². The molecule has 2 fully saturated rings. The van der Waals surface area contributed by atoms with Crippen molar-refractivity contribution in [1.29, 1.82) is 0 Å². The number of aliphatic hydroxyl groups is 1. The number of ether oxygens (including phenoxy) is 2. The standard InChI is InChI=1S/C23H33N4O8S2/c1-24-36(30,31)21-5-2-4-20(12-21)34-17-19(28)14-25-18-13-23(35-16-18)7-10-27(11-8-23)37(32,33)22-6-3-9-26(29)15-22/h2-6,9,12,15,18-19,24-25,28-29H,7-8,10-11,13-14,16-17H2,1H3/q+1/t18-,19+/m1/s1. The highest BCUT2D eigenvalue weighted by molar-refractivity contribution is 7.89. The van der Waals surface area contributed by atoms with Crippen molar-refractivity contribution in [3.05, 3.63) is 48.8 Å². The normalized spacial score (nSPS) is 21.2. The van der Waals surface area contributed by atoms with E-state index in [2.05, 4.69) is 10.0 Å². The van der Waals surface area contributed by atoms with Crippen LogP contribution in [-0.4, -0.2) is 89.1 Å². The molecule has 1 aromatic carbocycles. The van der Waals surface area contributed by atoms with Crippen LogP contribution in [-0.2, 0) is 24.8 Å². The van der Waals surface area contributed by atoms with Crippen LogP contribution >= 0.6 is 0 Å². The van der Waals surface area contributed by atoms with Crippen LogP contribution in [0.1, 0.15) is 19.3 Å². The van der Waals surface area contributed by atoms with Crippen LogP contribution in [0.25, 0.3) is 0 Å². The lowest BCUT2D eigenvalue weighted by Crippen LogP contribution is -2.47. The summed E-state index contributed by atoms with van der Waals surface area (Å²) in [6, 6.07) is 8.97. The van der Waals surface area contributed by atoms with Gasteiger partial charge in [0.15, 0.2) is 4.90 Å². The smallest absolute Gasteiger partial charge is 0.249 e. The summed E-state index contributed by atoms with van der Waals surface area (Å²) in [6.07, 6.45) is 3.49. The number of benzene rings is 1. The van der Waals surface area contributed by atoms with Gasteiger partial charge in [-0.2, -0.15) is 4.31 Å².